The number of nitrogens with two attached hydrogens (primary N) is 1. The number of hydrogen-bond acceptors (Lipinski definition) is 4. The van der Waals surface area contributed by atoms with Crippen LogP contribution in [0, 0.1) is 0 Å². The molecule has 1 fully saturated rings. The third kappa shape index (κ3) is 3.61. The number of nitrogen functional groups attached to an aromatic ring is 1. The van der Waals surface area contributed by atoms with E-state index < -0.39 is 0 Å². The van der Waals surface area contributed by atoms with Crippen LogP contribution in [0.5, 0.6) is 5.75 Å². The second-order valence-electron chi connectivity index (χ2n) is 4.95. The summed E-state index contributed by atoms with van der Waals surface area (Å²) in [6.45, 7) is 4.37. The molecule has 2 rings (SSSR count). The molecule has 1 aliphatic heterocycles. The van der Waals surface area contributed by atoms with E-state index >= 15 is 0 Å². The van der Waals surface area contributed by atoms with E-state index in [-0.39, 0.29) is 11.9 Å². The molecule has 1 aromatic rings. The molecular weight excluding hydrogens is 242 g/mol. The van der Waals surface area contributed by atoms with Crippen LogP contribution in [0.1, 0.15) is 23.7 Å². The minimum Gasteiger partial charge on any atom is -0.494 e. The van der Waals surface area contributed by atoms with Crippen molar-refractivity contribution in [2.45, 2.75) is 19.4 Å². The molecule has 0 saturated carbocycles. The van der Waals surface area contributed by atoms with Crippen molar-refractivity contribution < 1.29 is 9.53 Å². The van der Waals surface area contributed by atoms with Gasteiger partial charge in [0.1, 0.15) is 5.75 Å². The molecule has 19 heavy (non-hydrogen) atoms. The molecule has 0 aliphatic carbocycles. The molecular formula is C14H21N3O2. The summed E-state index contributed by atoms with van der Waals surface area (Å²) in [7, 11) is 2.06. The van der Waals surface area contributed by atoms with E-state index in [4.69, 9.17) is 10.5 Å². The van der Waals surface area contributed by atoms with Gasteiger partial charge in [-0.05, 0) is 39.1 Å². The Hall–Kier alpha value is -1.75. The minimum atomic E-state index is -0.0893. The third-order valence-corrected chi connectivity index (χ3v) is 3.23. The van der Waals surface area contributed by atoms with Gasteiger partial charge in [0.25, 0.3) is 5.91 Å². The number of likely N-dealkylation sites (tertiary alicyclic amines) is 1. The highest BCUT2D eigenvalue weighted by atomic mass is 16.5. The number of nitrogens with zero attached hydrogens (tertiary/aromatic N) is 1. The van der Waals surface area contributed by atoms with Crippen LogP contribution < -0.4 is 15.8 Å². The van der Waals surface area contributed by atoms with Gasteiger partial charge in [-0.25, -0.2) is 0 Å². The molecule has 1 amide bonds. The Labute approximate surface area is 113 Å². The Morgan fingerprint density at radius 3 is 2.95 bits per heavy atom. The quantitative estimate of drug-likeness (QED) is 0.798. The molecule has 104 valence electrons. The fourth-order valence-corrected chi connectivity index (χ4v) is 2.32. The summed E-state index contributed by atoms with van der Waals surface area (Å²) in [5.74, 6) is 0.546. The molecule has 1 aromatic carbocycles. The van der Waals surface area contributed by atoms with E-state index in [2.05, 4.69) is 17.3 Å². The number of rotatable bonds is 4. The zero-order valence-corrected chi connectivity index (χ0v) is 11.5. The summed E-state index contributed by atoms with van der Waals surface area (Å²) >= 11 is 0. The van der Waals surface area contributed by atoms with Crippen molar-refractivity contribution in [1.82, 2.24) is 10.2 Å². The Bertz CT molecular complexity index is 462. The van der Waals surface area contributed by atoms with Gasteiger partial charge in [-0.3, -0.25) is 4.79 Å². The molecule has 0 bridgehead atoms. The SMILES string of the molecule is CCOc1cc(N)cc(C(=O)NC2CCN(C)C2)c1. The van der Waals surface area contributed by atoms with Gasteiger partial charge >= 0.3 is 0 Å². The number of ether oxygens (including phenoxy) is 1. The molecule has 0 radical (unpaired) electrons. The van der Waals surface area contributed by atoms with Gasteiger partial charge in [-0.15, -0.1) is 0 Å². The number of amides is 1. The van der Waals surface area contributed by atoms with Gasteiger partial charge < -0.3 is 20.7 Å². The molecule has 1 unspecified atom stereocenters. The monoisotopic (exact) mass is 263 g/mol. The predicted molar refractivity (Wildman–Crippen MR) is 75.4 cm³/mol. The van der Waals surface area contributed by atoms with Crippen LogP contribution in [0.3, 0.4) is 0 Å². The van der Waals surface area contributed by atoms with Crippen molar-refractivity contribution in [1.29, 1.82) is 0 Å². The summed E-state index contributed by atoms with van der Waals surface area (Å²) in [5, 5.41) is 3.03. The molecule has 1 atom stereocenters. The zero-order valence-electron chi connectivity index (χ0n) is 11.5. The van der Waals surface area contributed by atoms with Crippen molar-refractivity contribution in [2.75, 3.05) is 32.5 Å². The summed E-state index contributed by atoms with van der Waals surface area (Å²) in [4.78, 5) is 14.4. The maximum Gasteiger partial charge on any atom is 0.251 e. The fourth-order valence-electron chi connectivity index (χ4n) is 2.32. The molecule has 3 N–H and O–H groups in total. The number of carbonyl (C=O) groups excluding carboxylic acids is 1. The van der Waals surface area contributed by atoms with Crippen molar-refractivity contribution in [3.8, 4) is 5.75 Å². The highest BCUT2D eigenvalue weighted by Crippen LogP contribution is 2.19. The van der Waals surface area contributed by atoms with Gasteiger partial charge in [-0.2, -0.15) is 0 Å². The number of carbonyl (C=O) groups is 1. The van der Waals surface area contributed by atoms with Gasteiger partial charge in [-0.1, -0.05) is 0 Å². The standard InChI is InChI=1S/C14H21N3O2/c1-3-19-13-7-10(6-11(15)8-13)14(18)16-12-4-5-17(2)9-12/h6-8,12H,3-5,9,15H2,1-2H3,(H,16,18). The van der Waals surface area contributed by atoms with Crippen LogP contribution in [0.15, 0.2) is 18.2 Å². The Morgan fingerprint density at radius 1 is 1.53 bits per heavy atom. The zero-order chi connectivity index (χ0) is 13.8. The normalized spacial score (nSPS) is 19.4. The highest BCUT2D eigenvalue weighted by Gasteiger charge is 2.21. The predicted octanol–water partition coefficient (Wildman–Crippen LogP) is 1.10. The van der Waals surface area contributed by atoms with E-state index in [1.54, 1.807) is 18.2 Å². The Kier molecular flexibility index (Phi) is 4.27. The number of anilines is 1. The molecule has 1 aliphatic rings. The van der Waals surface area contributed by atoms with Crippen LogP contribution in [-0.4, -0.2) is 43.6 Å². The van der Waals surface area contributed by atoms with E-state index in [0.29, 0.717) is 23.6 Å². The molecule has 1 saturated heterocycles. The highest BCUT2D eigenvalue weighted by molar-refractivity contribution is 5.95. The van der Waals surface area contributed by atoms with Crippen molar-refractivity contribution in [2.24, 2.45) is 0 Å². The molecule has 5 heteroatoms. The first-order valence-electron chi connectivity index (χ1n) is 6.61. The lowest BCUT2D eigenvalue weighted by atomic mass is 10.1. The average Bonchev–Trinajstić information content (AvgIpc) is 2.74. The van der Waals surface area contributed by atoms with Crippen LogP contribution in [-0.2, 0) is 0 Å². The van der Waals surface area contributed by atoms with Crippen LogP contribution in [0.25, 0.3) is 0 Å². The Balaban J connectivity index is 2.05. The summed E-state index contributed by atoms with van der Waals surface area (Å²) in [5.41, 5.74) is 6.88. The van der Waals surface area contributed by atoms with E-state index in [1.807, 2.05) is 6.92 Å². The lowest BCUT2D eigenvalue weighted by Crippen LogP contribution is -2.36. The lowest BCUT2D eigenvalue weighted by molar-refractivity contribution is 0.0938. The van der Waals surface area contributed by atoms with Crippen molar-refractivity contribution >= 4 is 11.6 Å². The van der Waals surface area contributed by atoms with Crippen LogP contribution in [0.4, 0.5) is 5.69 Å². The second kappa shape index (κ2) is 5.93. The summed E-state index contributed by atoms with van der Waals surface area (Å²) < 4.78 is 5.40. The summed E-state index contributed by atoms with van der Waals surface area (Å²) in [6.07, 6.45) is 0.989. The molecule has 0 spiro atoms. The molecule has 5 nitrogen and oxygen atoms in total. The first-order valence-corrected chi connectivity index (χ1v) is 6.61. The maximum absolute atomic E-state index is 12.2. The van der Waals surface area contributed by atoms with E-state index in [1.165, 1.54) is 0 Å². The van der Waals surface area contributed by atoms with Gasteiger partial charge in [0.15, 0.2) is 0 Å². The third-order valence-electron chi connectivity index (χ3n) is 3.23. The molecule has 1 heterocycles. The number of nitrogens with one attached hydrogen (secondary N) is 1. The Morgan fingerprint density at radius 2 is 2.32 bits per heavy atom. The summed E-state index contributed by atoms with van der Waals surface area (Å²) in [6, 6.07) is 5.35. The van der Waals surface area contributed by atoms with Gasteiger partial charge in [0.05, 0.1) is 6.61 Å². The lowest BCUT2D eigenvalue weighted by Gasteiger charge is -2.14. The topological polar surface area (TPSA) is 67.6 Å². The van der Waals surface area contributed by atoms with Crippen LogP contribution >= 0.6 is 0 Å². The smallest absolute Gasteiger partial charge is 0.251 e. The van der Waals surface area contributed by atoms with Crippen LogP contribution in [0.2, 0.25) is 0 Å². The number of benzene rings is 1. The van der Waals surface area contributed by atoms with Gasteiger partial charge in [0.2, 0.25) is 0 Å². The largest absolute Gasteiger partial charge is 0.494 e. The number of likely N-dealkylation sites (N-methyl/N-ethyl adjacent to an activating group) is 1. The maximum atomic E-state index is 12.2. The van der Waals surface area contributed by atoms with E-state index in [0.717, 1.165) is 19.5 Å². The van der Waals surface area contributed by atoms with E-state index in [9.17, 15) is 4.79 Å². The average molecular weight is 263 g/mol. The fraction of sp³-hybridized carbons (Fsp3) is 0.500. The van der Waals surface area contributed by atoms with Crippen molar-refractivity contribution in [3.05, 3.63) is 23.8 Å². The number of hydrogen-bond donors (Lipinski definition) is 2. The van der Waals surface area contributed by atoms with Crippen molar-refractivity contribution in [3.63, 3.8) is 0 Å². The first-order chi connectivity index (χ1) is 9.08. The second-order valence-corrected chi connectivity index (χ2v) is 4.95. The molecule has 0 aromatic heterocycles. The van der Waals surface area contributed by atoms with Gasteiger partial charge in [0, 0.05) is 29.9 Å². The first kappa shape index (κ1) is 13.7. The minimum absolute atomic E-state index is 0.0893.